The number of nitrogens with zero attached hydrogens (tertiary/aromatic N) is 1. The topological polar surface area (TPSA) is 57.6 Å². The van der Waals surface area contributed by atoms with Gasteiger partial charge in [0.05, 0.1) is 12.0 Å². The Hall–Kier alpha value is -4.18. The molecule has 0 radical (unpaired) electrons. The molecule has 4 heteroatoms. The lowest BCUT2D eigenvalue weighted by Gasteiger charge is -2.40. The van der Waals surface area contributed by atoms with Crippen molar-refractivity contribution in [2.45, 2.75) is 51.1 Å². The van der Waals surface area contributed by atoms with Crippen molar-refractivity contribution in [2.24, 2.45) is 5.92 Å². The van der Waals surface area contributed by atoms with E-state index in [-0.39, 0.29) is 17.5 Å². The van der Waals surface area contributed by atoms with E-state index in [0.29, 0.717) is 18.9 Å². The predicted molar refractivity (Wildman–Crippen MR) is 155 cm³/mol. The lowest BCUT2D eigenvalue weighted by Crippen LogP contribution is -2.46. The summed E-state index contributed by atoms with van der Waals surface area (Å²) in [5.41, 5.74) is 5.42. The van der Waals surface area contributed by atoms with Gasteiger partial charge in [0.25, 0.3) is 0 Å². The Morgan fingerprint density at radius 3 is 2.03 bits per heavy atom. The zero-order chi connectivity index (χ0) is 27.0. The molecule has 1 aliphatic carbocycles. The van der Waals surface area contributed by atoms with Gasteiger partial charge < -0.3 is 10.0 Å². The zero-order valence-electron chi connectivity index (χ0n) is 22.2. The van der Waals surface area contributed by atoms with Crippen LogP contribution in [0, 0.1) is 5.92 Å². The van der Waals surface area contributed by atoms with Crippen LogP contribution in [0.5, 0.6) is 0 Å². The van der Waals surface area contributed by atoms with Crippen LogP contribution < -0.4 is 0 Å². The number of carboxylic acids is 1. The normalized spacial score (nSPS) is 16.9. The maximum absolute atomic E-state index is 14.1. The van der Waals surface area contributed by atoms with Gasteiger partial charge in [0.2, 0.25) is 5.91 Å². The van der Waals surface area contributed by atoms with Crippen molar-refractivity contribution in [3.63, 3.8) is 0 Å². The molecule has 0 unspecified atom stereocenters. The van der Waals surface area contributed by atoms with E-state index in [1.165, 1.54) is 12.0 Å². The number of hydrogen-bond acceptors (Lipinski definition) is 2. The summed E-state index contributed by atoms with van der Waals surface area (Å²) in [6.07, 6.45) is 5.81. The van der Waals surface area contributed by atoms with Gasteiger partial charge in [-0.1, -0.05) is 110 Å². The van der Waals surface area contributed by atoms with Crippen molar-refractivity contribution in [3.8, 4) is 11.1 Å². The summed E-state index contributed by atoms with van der Waals surface area (Å²) in [6, 6.07) is 36.0. The van der Waals surface area contributed by atoms with Crippen molar-refractivity contribution in [3.05, 3.63) is 131 Å². The highest BCUT2D eigenvalue weighted by atomic mass is 16.4. The monoisotopic (exact) mass is 517 g/mol. The van der Waals surface area contributed by atoms with Crippen molar-refractivity contribution < 1.29 is 14.7 Å². The molecule has 0 bridgehead atoms. The molecule has 1 fully saturated rings. The van der Waals surface area contributed by atoms with E-state index in [0.717, 1.165) is 47.9 Å². The second-order valence-corrected chi connectivity index (χ2v) is 10.6. The third-order valence-corrected chi connectivity index (χ3v) is 7.85. The molecule has 0 aromatic heterocycles. The van der Waals surface area contributed by atoms with E-state index < -0.39 is 5.97 Å². The third kappa shape index (κ3) is 6.83. The maximum atomic E-state index is 14.1. The smallest absolute Gasteiger partial charge is 0.335 e. The molecule has 198 valence electrons. The highest BCUT2D eigenvalue weighted by Gasteiger charge is 2.33. The fraction of sp³-hybridized carbons (Fsp3) is 0.257. The van der Waals surface area contributed by atoms with Crippen LogP contribution in [0.1, 0.15) is 52.7 Å². The molecule has 0 saturated heterocycles. The van der Waals surface area contributed by atoms with Gasteiger partial charge in [0.1, 0.15) is 0 Å². The average molecular weight is 518 g/mol. The molecule has 5 rings (SSSR count). The third-order valence-electron chi connectivity index (χ3n) is 7.85. The Kier molecular flexibility index (Phi) is 8.52. The van der Waals surface area contributed by atoms with E-state index in [9.17, 15) is 14.7 Å². The molecule has 0 spiro atoms. The van der Waals surface area contributed by atoms with E-state index in [1.54, 1.807) is 18.2 Å². The quantitative estimate of drug-likeness (QED) is 0.251. The summed E-state index contributed by atoms with van der Waals surface area (Å²) in [5, 5.41) is 9.40. The van der Waals surface area contributed by atoms with Crippen molar-refractivity contribution in [1.29, 1.82) is 0 Å². The first-order valence-corrected chi connectivity index (χ1v) is 13.9. The molecule has 4 aromatic carbocycles. The molecule has 39 heavy (non-hydrogen) atoms. The summed E-state index contributed by atoms with van der Waals surface area (Å²) in [5.74, 6) is -0.378. The number of carbonyl (C=O) groups excluding carboxylic acids is 1. The maximum Gasteiger partial charge on any atom is 0.335 e. The molecule has 4 aromatic rings. The van der Waals surface area contributed by atoms with E-state index in [4.69, 9.17) is 0 Å². The van der Waals surface area contributed by atoms with Gasteiger partial charge in [-0.3, -0.25) is 4.79 Å². The lowest BCUT2D eigenvalue weighted by atomic mass is 9.79. The second kappa shape index (κ2) is 12.6. The summed E-state index contributed by atoms with van der Waals surface area (Å²) in [4.78, 5) is 27.7. The van der Waals surface area contributed by atoms with Crippen LogP contribution in [-0.4, -0.2) is 27.9 Å². The highest BCUT2D eigenvalue weighted by Crippen LogP contribution is 2.33. The minimum absolute atomic E-state index is 0.139. The van der Waals surface area contributed by atoms with Crippen LogP contribution in [0.15, 0.2) is 109 Å². The molecule has 1 amide bonds. The Morgan fingerprint density at radius 2 is 1.31 bits per heavy atom. The number of benzene rings is 4. The van der Waals surface area contributed by atoms with Gasteiger partial charge in [-0.2, -0.15) is 0 Å². The summed E-state index contributed by atoms with van der Waals surface area (Å²) in [6.45, 7) is 0.607. The fourth-order valence-corrected chi connectivity index (χ4v) is 5.89. The van der Waals surface area contributed by atoms with Crippen LogP contribution in [0.25, 0.3) is 11.1 Å². The largest absolute Gasteiger partial charge is 0.478 e. The second-order valence-electron chi connectivity index (χ2n) is 10.6. The van der Waals surface area contributed by atoms with Crippen molar-refractivity contribution in [1.82, 2.24) is 4.90 Å². The van der Waals surface area contributed by atoms with Gasteiger partial charge in [-0.05, 0) is 65.1 Å². The number of hydrogen-bond donors (Lipinski definition) is 1. The van der Waals surface area contributed by atoms with Crippen LogP contribution in [0.3, 0.4) is 0 Å². The first-order chi connectivity index (χ1) is 19.1. The van der Waals surface area contributed by atoms with E-state index in [2.05, 4.69) is 47.4 Å². The predicted octanol–water partition coefficient (Wildman–Crippen LogP) is 7.42. The molecule has 0 aliphatic heterocycles. The van der Waals surface area contributed by atoms with E-state index >= 15 is 0 Å². The van der Waals surface area contributed by atoms with Gasteiger partial charge >= 0.3 is 5.97 Å². The average Bonchev–Trinajstić information content (AvgIpc) is 2.97. The Morgan fingerprint density at radius 1 is 0.692 bits per heavy atom. The number of carboxylic acid groups (broad SMARTS) is 1. The van der Waals surface area contributed by atoms with Gasteiger partial charge in [-0.25, -0.2) is 4.79 Å². The summed E-state index contributed by atoms with van der Waals surface area (Å²) in [7, 11) is 0. The van der Waals surface area contributed by atoms with Gasteiger partial charge in [0.15, 0.2) is 0 Å². The number of aromatic carboxylic acids is 1. The Balaban J connectivity index is 1.40. The molecular weight excluding hydrogens is 482 g/mol. The SMILES string of the molecule is O=C(O)c1cccc(-c2cccc(CC(=O)N(Cc3ccccc3)[C@@H]3CCCC[C@@H]3Cc3ccccc3)c2)c1. The minimum atomic E-state index is -0.947. The molecule has 1 N–H and O–H groups in total. The standard InChI is InChI=1S/C35H35NO3/c37-34(23-28-15-9-17-29(22-28)30-18-10-19-32(24-30)35(38)39)36(25-27-13-5-2-6-14-27)33-20-8-7-16-31(33)21-26-11-3-1-4-12-26/h1-6,9-15,17-19,22,24,31,33H,7-8,16,20-21,23,25H2,(H,38,39)/t31-,33-/m1/s1. The molecule has 0 heterocycles. The van der Waals surface area contributed by atoms with E-state index in [1.807, 2.05) is 48.5 Å². The van der Waals surface area contributed by atoms with Crippen LogP contribution in [0.4, 0.5) is 0 Å². The summed E-state index contributed by atoms with van der Waals surface area (Å²) < 4.78 is 0. The molecule has 1 saturated carbocycles. The number of amides is 1. The lowest BCUT2D eigenvalue weighted by molar-refractivity contribution is -0.135. The van der Waals surface area contributed by atoms with Crippen LogP contribution in [-0.2, 0) is 24.2 Å². The first-order valence-electron chi connectivity index (χ1n) is 13.9. The molecule has 1 aliphatic rings. The molecule has 4 nitrogen and oxygen atoms in total. The Labute approximate surface area is 230 Å². The molecule has 2 atom stereocenters. The zero-order valence-corrected chi connectivity index (χ0v) is 22.2. The fourth-order valence-electron chi connectivity index (χ4n) is 5.89. The highest BCUT2D eigenvalue weighted by molar-refractivity contribution is 5.89. The molecular formula is C35H35NO3. The van der Waals surface area contributed by atoms with Crippen LogP contribution in [0.2, 0.25) is 0 Å². The van der Waals surface area contributed by atoms with Gasteiger partial charge in [0, 0.05) is 12.6 Å². The van der Waals surface area contributed by atoms with Gasteiger partial charge in [-0.15, -0.1) is 0 Å². The number of rotatable bonds is 9. The van der Waals surface area contributed by atoms with Crippen LogP contribution >= 0.6 is 0 Å². The van der Waals surface area contributed by atoms with Crippen molar-refractivity contribution in [2.75, 3.05) is 0 Å². The number of carbonyl (C=O) groups is 2. The Bertz CT molecular complexity index is 1400. The first kappa shape index (κ1) is 26.4. The summed E-state index contributed by atoms with van der Waals surface area (Å²) >= 11 is 0. The van der Waals surface area contributed by atoms with Crippen molar-refractivity contribution >= 4 is 11.9 Å². The minimum Gasteiger partial charge on any atom is -0.478 e.